The second kappa shape index (κ2) is 6.68. The average molecular weight is 194 g/mol. The standard InChI is InChI=1S/C13H22O/c1-6-8-9-11-12(10-7-2)14-13(3,4)5/h6,12H,1,7-8,10H2,2-5H3. The van der Waals surface area contributed by atoms with Gasteiger partial charge in [-0.3, -0.25) is 0 Å². The van der Waals surface area contributed by atoms with Crippen molar-refractivity contribution >= 4 is 0 Å². The molecule has 0 heterocycles. The minimum Gasteiger partial charge on any atom is -0.360 e. The van der Waals surface area contributed by atoms with Crippen LogP contribution in [-0.4, -0.2) is 11.7 Å². The van der Waals surface area contributed by atoms with Crippen molar-refractivity contribution in [3.8, 4) is 11.8 Å². The maximum absolute atomic E-state index is 5.82. The van der Waals surface area contributed by atoms with E-state index in [1.165, 1.54) is 0 Å². The first-order valence-electron chi connectivity index (χ1n) is 5.26. The van der Waals surface area contributed by atoms with Crippen LogP contribution in [0.4, 0.5) is 0 Å². The molecule has 80 valence electrons. The van der Waals surface area contributed by atoms with Gasteiger partial charge in [-0.2, -0.15) is 0 Å². The smallest absolute Gasteiger partial charge is 0.118 e. The van der Waals surface area contributed by atoms with Crippen LogP contribution in [0.3, 0.4) is 0 Å². The van der Waals surface area contributed by atoms with Crippen LogP contribution in [0.5, 0.6) is 0 Å². The Bertz CT molecular complexity index is 212. The van der Waals surface area contributed by atoms with E-state index in [2.05, 4.69) is 46.1 Å². The zero-order valence-corrected chi connectivity index (χ0v) is 9.89. The van der Waals surface area contributed by atoms with Gasteiger partial charge in [-0.25, -0.2) is 0 Å². The minimum absolute atomic E-state index is 0.0694. The Kier molecular flexibility index (Phi) is 6.32. The largest absolute Gasteiger partial charge is 0.360 e. The average Bonchev–Trinajstić information content (AvgIpc) is 2.02. The molecule has 0 N–H and O–H groups in total. The van der Waals surface area contributed by atoms with Crippen LogP contribution in [0.25, 0.3) is 0 Å². The van der Waals surface area contributed by atoms with E-state index in [1.807, 2.05) is 6.08 Å². The highest BCUT2D eigenvalue weighted by Gasteiger charge is 2.15. The van der Waals surface area contributed by atoms with Gasteiger partial charge in [0.25, 0.3) is 0 Å². The maximum atomic E-state index is 5.82. The Hall–Kier alpha value is -0.740. The number of rotatable bonds is 4. The number of allylic oxidation sites excluding steroid dienone is 1. The molecule has 0 spiro atoms. The predicted molar refractivity (Wildman–Crippen MR) is 62.1 cm³/mol. The first-order chi connectivity index (χ1) is 6.49. The van der Waals surface area contributed by atoms with Crippen LogP contribution in [0.1, 0.15) is 47.0 Å². The summed E-state index contributed by atoms with van der Waals surface area (Å²) >= 11 is 0. The number of ether oxygens (including phenoxy) is 1. The molecule has 0 aromatic heterocycles. The van der Waals surface area contributed by atoms with E-state index in [0.717, 1.165) is 19.3 Å². The van der Waals surface area contributed by atoms with Gasteiger partial charge in [0, 0.05) is 6.42 Å². The van der Waals surface area contributed by atoms with E-state index < -0.39 is 0 Å². The van der Waals surface area contributed by atoms with Crippen LogP contribution in [0, 0.1) is 11.8 Å². The van der Waals surface area contributed by atoms with Gasteiger partial charge < -0.3 is 4.74 Å². The van der Waals surface area contributed by atoms with Crippen molar-refractivity contribution in [2.45, 2.75) is 58.7 Å². The fraction of sp³-hybridized carbons (Fsp3) is 0.692. The Morgan fingerprint density at radius 3 is 2.50 bits per heavy atom. The van der Waals surface area contributed by atoms with Gasteiger partial charge in [-0.05, 0) is 27.2 Å². The molecule has 14 heavy (non-hydrogen) atoms. The lowest BCUT2D eigenvalue weighted by atomic mass is 10.1. The topological polar surface area (TPSA) is 9.23 Å². The summed E-state index contributed by atoms with van der Waals surface area (Å²) < 4.78 is 5.82. The fourth-order valence-electron chi connectivity index (χ4n) is 1.09. The summed E-state index contributed by atoms with van der Waals surface area (Å²) in [6.45, 7) is 12.0. The highest BCUT2D eigenvalue weighted by atomic mass is 16.5. The van der Waals surface area contributed by atoms with Crippen molar-refractivity contribution in [2.24, 2.45) is 0 Å². The normalized spacial score (nSPS) is 12.9. The molecule has 0 rings (SSSR count). The molecule has 0 radical (unpaired) electrons. The molecule has 0 aliphatic heterocycles. The first kappa shape index (κ1) is 13.3. The van der Waals surface area contributed by atoms with Gasteiger partial charge in [0.1, 0.15) is 6.10 Å². The molecule has 0 aliphatic rings. The third kappa shape index (κ3) is 7.89. The van der Waals surface area contributed by atoms with Gasteiger partial charge in [0.15, 0.2) is 0 Å². The van der Waals surface area contributed by atoms with Crippen LogP contribution in [0.2, 0.25) is 0 Å². The van der Waals surface area contributed by atoms with Gasteiger partial charge in [0.2, 0.25) is 0 Å². The second-order valence-corrected chi connectivity index (χ2v) is 4.32. The number of hydrogen-bond donors (Lipinski definition) is 0. The summed E-state index contributed by atoms with van der Waals surface area (Å²) in [4.78, 5) is 0. The quantitative estimate of drug-likeness (QED) is 0.491. The van der Waals surface area contributed by atoms with E-state index in [-0.39, 0.29) is 11.7 Å². The van der Waals surface area contributed by atoms with Crippen LogP contribution < -0.4 is 0 Å². The SMILES string of the molecule is C=CCC#CC(CCC)OC(C)(C)C. The van der Waals surface area contributed by atoms with Crippen LogP contribution in [-0.2, 0) is 4.74 Å². The molecule has 0 aromatic rings. The predicted octanol–water partition coefficient (Wildman–Crippen LogP) is 3.55. The number of hydrogen-bond acceptors (Lipinski definition) is 1. The summed E-state index contributed by atoms with van der Waals surface area (Å²) in [6, 6.07) is 0. The van der Waals surface area contributed by atoms with E-state index in [0.29, 0.717) is 0 Å². The molecule has 0 bridgehead atoms. The minimum atomic E-state index is -0.108. The van der Waals surface area contributed by atoms with Crippen LogP contribution in [0.15, 0.2) is 12.7 Å². The molecule has 0 aromatic carbocycles. The Morgan fingerprint density at radius 1 is 1.43 bits per heavy atom. The second-order valence-electron chi connectivity index (χ2n) is 4.32. The lowest BCUT2D eigenvalue weighted by Crippen LogP contribution is -2.26. The lowest BCUT2D eigenvalue weighted by molar-refractivity contribution is -0.0368. The van der Waals surface area contributed by atoms with Crippen LogP contribution >= 0.6 is 0 Å². The lowest BCUT2D eigenvalue weighted by Gasteiger charge is -2.24. The van der Waals surface area contributed by atoms with Crippen molar-refractivity contribution in [3.05, 3.63) is 12.7 Å². The van der Waals surface area contributed by atoms with Gasteiger partial charge >= 0.3 is 0 Å². The van der Waals surface area contributed by atoms with E-state index in [9.17, 15) is 0 Å². The summed E-state index contributed by atoms with van der Waals surface area (Å²) in [5.74, 6) is 6.18. The van der Waals surface area contributed by atoms with Crippen molar-refractivity contribution in [3.63, 3.8) is 0 Å². The Morgan fingerprint density at radius 2 is 2.07 bits per heavy atom. The molecule has 0 saturated carbocycles. The Balaban J connectivity index is 4.16. The van der Waals surface area contributed by atoms with Gasteiger partial charge in [-0.1, -0.05) is 31.3 Å². The maximum Gasteiger partial charge on any atom is 0.118 e. The highest BCUT2D eigenvalue weighted by molar-refractivity contribution is 5.08. The van der Waals surface area contributed by atoms with Gasteiger partial charge in [-0.15, -0.1) is 6.58 Å². The molecule has 1 nitrogen and oxygen atoms in total. The molecule has 1 atom stereocenters. The first-order valence-corrected chi connectivity index (χ1v) is 5.26. The monoisotopic (exact) mass is 194 g/mol. The van der Waals surface area contributed by atoms with Gasteiger partial charge in [0.05, 0.1) is 5.60 Å². The summed E-state index contributed by atoms with van der Waals surface area (Å²) in [7, 11) is 0. The molecule has 0 amide bonds. The van der Waals surface area contributed by atoms with Crippen molar-refractivity contribution in [2.75, 3.05) is 0 Å². The molecule has 0 aliphatic carbocycles. The van der Waals surface area contributed by atoms with E-state index >= 15 is 0 Å². The molecule has 1 unspecified atom stereocenters. The van der Waals surface area contributed by atoms with Crippen molar-refractivity contribution in [1.29, 1.82) is 0 Å². The molecule has 1 heteroatoms. The fourth-order valence-corrected chi connectivity index (χ4v) is 1.09. The summed E-state index contributed by atoms with van der Waals surface area (Å²) in [5.41, 5.74) is -0.108. The summed E-state index contributed by atoms with van der Waals surface area (Å²) in [5, 5.41) is 0. The third-order valence-electron chi connectivity index (χ3n) is 1.56. The zero-order valence-electron chi connectivity index (χ0n) is 9.89. The van der Waals surface area contributed by atoms with E-state index in [1.54, 1.807) is 0 Å². The Labute approximate surface area is 88.5 Å². The van der Waals surface area contributed by atoms with Crippen molar-refractivity contribution < 1.29 is 4.74 Å². The highest BCUT2D eigenvalue weighted by Crippen LogP contribution is 2.13. The van der Waals surface area contributed by atoms with Crippen molar-refractivity contribution in [1.82, 2.24) is 0 Å². The molecule has 0 saturated heterocycles. The third-order valence-corrected chi connectivity index (χ3v) is 1.56. The van der Waals surface area contributed by atoms with E-state index in [4.69, 9.17) is 4.74 Å². The molecular formula is C13H22O. The molecule has 0 fully saturated rings. The summed E-state index contributed by atoms with van der Waals surface area (Å²) in [6.07, 6.45) is 4.73. The molecular weight excluding hydrogens is 172 g/mol. The zero-order chi connectivity index (χ0) is 11.0.